The standard InChI is InChI=1S/C14H16ClNO3.C9H4Cl3NO2S/c1-9-4-3-5-10(2)13(9)16(12(17)8-15)11-6-7-19-14(11)18;10-9(11,12)16-13-7(14)5-3-1-2-4-6(5)8(13)15/h3-5,11H,6-8H2,1-2H3;1-4H. The lowest BCUT2D eigenvalue weighted by atomic mass is 10.0. The first-order chi connectivity index (χ1) is 16.5. The van der Waals surface area contributed by atoms with Crippen LogP contribution in [-0.4, -0.2) is 49.6 Å². The fourth-order valence-corrected chi connectivity index (χ4v) is 5.10. The molecular formula is C23H20Cl4N2O5S. The predicted octanol–water partition coefficient (Wildman–Crippen LogP) is 5.45. The maximum Gasteiger partial charge on any atom is 0.329 e. The molecular weight excluding hydrogens is 558 g/mol. The largest absolute Gasteiger partial charge is 0.464 e. The summed E-state index contributed by atoms with van der Waals surface area (Å²) in [5.74, 6) is -1.71. The summed E-state index contributed by atoms with van der Waals surface area (Å²) in [6.07, 6.45) is 0.509. The van der Waals surface area contributed by atoms with Gasteiger partial charge in [0.05, 0.1) is 23.4 Å². The number of ether oxygens (including phenoxy) is 1. The Balaban J connectivity index is 0.000000198. The molecule has 0 aromatic heterocycles. The van der Waals surface area contributed by atoms with E-state index < -0.39 is 21.0 Å². The normalized spacial score (nSPS) is 17.0. The monoisotopic (exact) mass is 576 g/mol. The second-order valence-electron chi connectivity index (χ2n) is 7.60. The summed E-state index contributed by atoms with van der Waals surface area (Å²) < 4.78 is 4.08. The van der Waals surface area contributed by atoms with Crippen LogP contribution in [0.5, 0.6) is 0 Å². The van der Waals surface area contributed by atoms with Crippen molar-refractivity contribution in [2.45, 2.75) is 29.4 Å². The van der Waals surface area contributed by atoms with Gasteiger partial charge in [-0.3, -0.25) is 19.3 Å². The quantitative estimate of drug-likeness (QED) is 0.208. The highest BCUT2D eigenvalue weighted by molar-refractivity contribution is 8.03. The molecule has 2 aromatic carbocycles. The smallest absolute Gasteiger partial charge is 0.329 e. The Hall–Kier alpha value is -1.97. The third-order valence-electron chi connectivity index (χ3n) is 5.23. The molecule has 0 spiro atoms. The van der Waals surface area contributed by atoms with E-state index in [4.69, 9.17) is 51.1 Å². The SMILES string of the molecule is Cc1cccc(C)c1N(C(=O)CCl)C1CCOC1=O.O=C1c2ccccc2C(=O)N1SC(Cl)(Cl)Cl. The van der Waals surface area contributed by atoms with Gasteiger partial charge in [0.1, 0.15) is 11.9 Å². The second kappa shape index (κ2) is 11.4. The van der Waals surface area contributed by atoms with Crippen molar-refractivity contribution in [3.05, 3.63) is 64.7 Å². The first kappa shape index (κ1) is 27.6. The van der Waals surface area contributed by atoms with E-state index in [2.05, 4.69) is 0 Å². The molecule has 1 atom stereocenters. The van der Waals surface area contributed by atoms with Crippen molar-refractivity contribution in [1.82, 2.24) is 4.31 Å². The molecule has 4 rings (SSSR count). The van der Waals surface area contributed by atoms with Gasteiger partial charge in [-0.1, -0.05) is 65.1 Å². The molecule has 3 amide bonds. The highest BCUT2D eigenvalue weighted by atomic mass is 35.6. The number of aryl methyl sites for hydroxylation is 2. The molecule has 2 aliphatic rings. The van der Waals surface area contributed by atoms with Crippen LogP contribution in [0.25, 0.3) is 0 Å². The van der Waals surface area contributed by atoms with Crippen molar-refractivity contribution in [3.63, 3.8) is 0 Å². The van der Waals surface area contributed by atoms with Crippen LogP contribution in [0.3, 0.4) is 0 Å². The number of para-hydroxylation sites is 1. The number of amides is 3. The van der Waals surface area contributed by atoms with E-state index in [9.17, 15) is 19.2 Å². The number of nitrogens with zero attached hydrogens (tertiary/aromatic N) is 2. The summed E-state index contributed by atoms with van der Waals surface area (Å²) in [7, 11) is 0. The number of halogens is 4. The highest BCUT2D eigenvalue weighted by Crippen LogP contribution is 2.44. The molecule has 1 saturated heterocycles. The maximum absolute atomic E-state index is 12.1. The van der Waals surface area contributed by atoms with E-state index in [-0.39, 0.29) is 17.8 Å². The number of esters is 1. The number of rotatable bonds is 4. The number of fused-ring (bicyclic) bond motifs is 1. The van der Waals surface area contributed by atoms with E-state index in [1.54, 1.807) is 24.3 Å². The average Bonchev–Trinajstić information content (AvgIpc) is 3.32. The minimum atomic E-state index is -1.74. The Labute approximate surface area is 226 Å². The van der Waals surface area contributed by atoms with Crippen LogP contribution < -0.4 is 4.90 Å². The van der Waals surface area contributed by atoms with Crippen LogP contribution in [0, 0.1) is 13.8 Å². The summed E-state index contributed by atoms with van der Waals surface area (Å²) in [6.45, 7) is 4.18. The lowest BCUT2D eigenvalue weighted by Gasteiger charge is -2.28. The van der Waals surface area contributed by atoms with Gasteiger partial charge in [0, 0.05) is 18.4 Å². The number of imide groups is 1. The van der Waals surface area contributed by atoms with E-state index in [1.807, 2.05) is 32.0 Å². The number of cyclic esters (lactones) is 1. The Bertz CT molecular complexity index is 1120. The molecule has 2 heterocycles. The number of hydrogen-bond donors (Lipinski definition) is 0. The average molecular weight is 578 g/mol. The summed E-state index contributed by atoms with van der Waals surface area (Å²) in [5.41, 5.74) is 3.30. The van der Waals surface area contributed by atoms with Crippen LogP contribution in [0.1, 0.15) is 38.3 Å². The van der Waals surface area contributed by atoms with Crippen molar-refractivity contribution < 1.29 is 23.9 Å². The van der Waals surface area contributed by atoms with Gasteiger partial charge in [0.25, 0.3) is 14.9 Å². The highest BCUT2D eigenvalue weighted by Gasteiger charge is 2.41. The number of benzene rings is 2. The van der Waals surface area contributed by atoms with Crippen molar-refractivity contribution in [1.29, 1.82) is 0 Å². The van der Waals surface area contributed by atoms with Gasteiger partial charge in [0.15, 0.2) is 0 Å². The number of hydrogen-bond acceptors (Lipinski definition) is 6. The molecule has 1 fully saturated rings. The number of carbonyl (C=O) groups excluding carboxylic acids is 4. The summed E-state index contributed by atoms with van der Waals surface area (Å²) >= 11 is 22.9. The Kier molecular flexibility index (Phi) is 8.99. The fraction of sp³-hybridized carbons (Fsp3) is 0.304. The third-order valence-corrected chi connectivity index (χ3v) is 6.81. The molecule has 0 saturated carbocycles. The minimum Gasteiger partial charge on any atom is -0.464 e. The second-order valence-corrected chi connectivity index (χ2v) is 12.0. The van der Waals surface area contributed by atoms with Crippen LogP contribution in [0.2, 0.25) is 0 Å². The van der Waals surface area contributed by atoms with Gasteiger partial charge in [0.2, 0.25) is 5.91 Å². The predicted molar refractivity (Wildman–Crippen MR) is 138 cm³/mol. The molecule has 2 aliphatic heterocycles. The molecule has 1 unspecified atom stereocenters. The van der Waals surface area contributed by atoms with E-state index >= 15 is 0 Å². The zero-order valence-electron chi connectivity index (χ0n) is 18.6. The van der Waals surface area contributed by atoms with Crippen LogP contribution >= 0.6 is 58.4 Å². The van der Waals surface area contributed by atoms with Gasteiger partial charge >= 0.3 is 5.97 Å². The molecule has 0 bridgehead atoms. The van der Waals surface area contributed by atoms with Gasteiger partial charge in [-0.25, -0.2) is 9.10 Å². The lowest BCUT2D eigenvalue weighted by molar-refractivity contribution is -0.140. The van der Waals surface area contributed by atoms with E-state index in [0.717, 1.165) is 21.1 Å². The van der Waals surface area contributed by atoms with E-state index in [0.29, 0.717) is 36.1 Å². The minimum absolute atomic E-state index is 0.155. The van der Waals surface area contributed by atoms with Gasteiger partial charge in [-0.15, -0.1) is 11.6 Å². The maximum atomic E-state index is 12.1. The van der Waals surface area contributed by atoms with Crippen molar-refractivity contribution >= 4 is 87.7 Å². The molecule has 186 valence electrons. The molecule has 0 radical (unpaired) electrons. The van der Waals surface area contributed by atoms with Gasteiger partial charge in [-0.2, -0.15) is 0 Å². The van der Waals surface area contributed by atoms with Crippen molar-refractivity contribution in [2.24, 2.45) is 0 Å². The van der Waals surface area contributed by atoms with Gasteiger partial charge in [-0.05, 0) is 37.1 Å². The Morgan fingerprint density at radius 2 is 1.57 bits per heavy atom. The summed E-state index contributed by atoms with van der Waals surface area (Å²) in [5, 5.41) is 0. The summed E-state index contributed by atoms with van der Waals surface area (Å²) in [4.78, 5) is 49.0. The van der Waals surface area contributed by atoms with Gasteiger partial charge < -0.3 is 4.74 Å². The molecule has 0 aliphatic carbocycles. The first-order valence-electron chi connectivity index (χ1n) is 10.3. The number of alkyl halides is 4. The molecule has 12 heteroatoms. The van der Waals surface area contributed by atoms with Crippen molar-refractivity contribution in [3.8, 4) is 0 Å². The topological polar surface area (TPSA) is 84.0 Å². The molecule has 35 heavy (non-hydrogen) atoms. The Morgan fingerprint density at radius 3 is 2.00 bits per heavy atom. The van der Waals surface area contributed by atoms with Crippen molar-refractivity contribution in [2.75, 3.05) is 17.4 Å². The molecule has 2 aromatic rings. The van der Waals surface area contributed by atoms with E-state index in [1.165, 1.54) is 4.90 Å². The number of carbonyl (C=O) groups is 4. The van der Waals surface area contributed by atoms with Crippen LogP contribution in [-0.2, 0) is 14.3 Å². The molecule has 0 N–H and O–H groups in total. The Morgan fingerprint density at radius 1 is 1.03 bits per heavy atom. The molecule has 7 nitrogen and oxygen atoms in total. The summed E-state index contributed by atoms with van der Waals surface area (Å²) in [6, 6.07) is 11.7. The zero-order valence-corrected chi connectivity index (χ0v) is 22.4. The van der Waals surface area contributed by atoms with Crippen LogP contribution in [0.4, 0.5) is 5.69 Å². The fourth-order valence-electron chi connectivity index (χ4n) is 3.78. The van der Waals surface area contributed by atoms with Crippen LogP contribution in [0.15, 0.2) is 42.5 Å². The number of anilines is 1. The lowest BCUT2D eigenvalue weighted by Crippen LogP contribution is -2.44. The third kappa shape index (κ3) is 6.24. The first-order valence-corrected chi connectivity index (χ1v) is 12.7. The zero-order chi connectivity index (χ0) is 25.9.